The quantitative estimate of drug-likeness (QED) is 0.520. The lowest BCUT2D eigenvalue weighted by Gasteiger charge is -2.37. The van der Waals surface area contributed by atoms with Gasteiger partial charge in [0.2, 0.25) is 5.95 Å². The first-order chi connectivity index (χ1) is 17.5. The molecule has 2 aromatic rings. The van der Waals surface area contributed by atoms with Crippen LogP contribution in [0.2, 0.25) is 5.02 Å². The smallest absolute Gasteiger partial charge is 0.330 e. The molecule has 0 saturated heterocycles. The minimum Gasteiger partial charge on any atom is -0.497 e. The van der Waals surface area contributed by atoms with E-state index in [9.17, 15) is 4.79 Å². The highest BCUT2D eigenvalue weighted by atomic mass is 35.5. The van der Waals surface area contributed by atoms with E-state index < -0.39 is 0 Å². The first-order valence-corrected chi connectivity index (χ1v) is 13.2. The third kappa shape index (κ3) is 5.47. The second kappa shape index (κ2) is 11.5. The van der Waals surface area contributed by atoms with Crippen LogP contribution in [-0.4, -0.2) is 48.8 Å². The molecule has 196 valence electrons. The van der Waals surface area contributed by atoms with E-state index in [1.54, 1.807) is 35.2 Å². The predicted octanol–water partition coefficient (Wildman–Crippen LogP) is 5.21. The van der Waals surface area contributed by atoms with Crippen molar-refractivity contribution in [3.05, 3.63) is 28.9 Å². The highest BCUT2D eigenvalue weighted by Gasteiger charge is 2.38. The molecule has 2 atom stereocenters. The van der Waals surface area contributed by atoms with Crippen LogP contribution in [0.1, 0.15) is 57.9 Å². The van der Waals surface area contributed by atoms with Crippen molar-refractivity contribution in [2.24, 2.45) is 11.7 Å². The lowest BCUT2D eigenvalue weighted by molar-refractivity contribution is 0.249. The van der Waals surface area contributed by atoms with Crippen molar-refractivity contribution in [2.75, 3.05) is 35.9 Å². The zero-order valence-electron chi connectivity index (χ0n) is 21.6. The summed E-state index contributed by atoms with van der Waals surface area (Å²) in [6.45, 7) is 4.91. The second-order valence-electron chi connectivity index (χ2n) is 9.33. The van der Waals surface area contributed by atoms with Crippen LogP contribution in [0.4, 0.5) is 22.2 Å². The average Bonchev–Trinajstić information content (AvgIpc) is 3.73. The second-order valence-corrected chi connectivity index (χ2v) is 9.71. The first kappa shape index (κ1) is 26.3. The van der Waals surface area contributed by atoms with E-state index in [0.29, 0.717) is 53.0 Å². The van der Waals surface area contributed by atoms with E-state index in [1.165, 1.54) is 7.11 Å². The third-order valence-electron chi connectivity index (χ3n) is 6.90. The largest absolute Gasteiger partial charge is 0.497 e. The fraction of sp³-hybridized carbons (Fsp3) is 0.577. The van der Waals surface area contributed by atoms with Crippen molar-refractivity contribution in [1.82, 2.24) is 9.97 Å². The Balaban J connectivity index is 0.00000148. The Morgan fingerprint density at radius 1 is 1.14 bits per heavy atom. The number of rotatable bonds is 7. The van der Waals surface area contributed by atoms with Crippen molar-refractivity contribution in [3.8, 4) is 11.5 Å². The Morgan fingerprint density at radius 3 is 2.56 bits per heavy atom. The van der Waals surface area contributed by atoms with Gasteiger partial charge in [-0.3, -0.25) is 9.80 Å². The summed E-state index contributed by atoms with van der Waals surface area (Å²) in [4.78, 5) is 26.5. The molecule has 36 heavy (non-hydrogen) atoms. The van der Waals surface area contributed by atoms with Crippen LogP contribution >= 0.6 is 11.6 Å². The molecule has 3 aliphatic rings. The van der Waals surface area contributed by atoms with Crippen LogP contribution in [0.3, 0.4) is 0 Å². The molecule has 1 aliphatic heterocycles. The van der Waals surface area contributed by atoms with E-state index in [2.05, 4.69) is 10.3 Å². The number of carbonyl (C=O) groups excluding carboxylic acids is 1. The molecule has 0 spiro atoms. The Kier molecular flexibility index (Phi) is 8.41. The van der Waals surface area contributed by atoms with E-state index in [-0.39, 0.29) is 18.1 Å². The minimum absolute atomic E-state index is 0.0817. The molecule has 2 fully saturated rings. The number of nitrogens with zero attached hydrogens (tertiary/aromatic N) is 4. The van der Waals surface area contributed by atoms with Gasteiger partial charge >= 0.3 is 6.03 Å². The molecule has 2 aliphatic carbocycles. The average molecular weight is 517 g/mol. The number of hydrogen-bond donors (Lipinski definition) is 2. The highest BCUT2D eigenvalue weighted by Crippen LogP contribution is 2.42. The van der Waals surface area contributed by atoms with E-state index >= 15 is 0 Å². The molecule has 10 heteroatoms. The highest BCUT2D eigenvalue weighted by molar-refractivity contribution is 6.35. The molecule has 0 radical (unpaired) electrons. The summed E-state index contributed by atoms with van der Waals surface area (Å²) < 4.78 is 10.8. The molecule has 9 nitrogen and oxygen atoms in total. The molecular weight excluding hydrogens is 480 g/mol. The molecule has 1 aromatic heterocycles. The number of anilines is 3. The number of nitrogens with one attached hydrogen (secondary N) is 1. The fourth-order valence-electron chi connectivity index (χ4n) is 4.72. The van der Waals surface area contributed by atoms with Gasteiger partial charge in [0.1, 0.15) is 22.3 Å². The summed E-state index contributed by atoms with van der Waals surface area (Å²) in [5, 5.41) is 3.77. The van der Waals surface area contributed by atoms with Crippen molar-refractivity contribution >= 4 is 35.1 Å². The number of carbonyl (C=O) groups is 1. The molecule has 0 bridgehead atoms. The third-order valence-corrected chi connectivity index (χ3v) is 7.28. The topological polar surface area (TPSA) is 106 Å². The Hall–Kier alpha value is -2.78. The van der Waals surface area contributed by atoms with Crippen LogP contribution < -0.4 is 30.3 Å². The van der Waals surface area contributed by atoms with Crippen LogP contribution in [-0.2, 0) is 6.54 Å². The zero-order chi connectivity index (χ0) is 25.8. The van der Waals surface area contributed by atoms with Gasteiger partial charge < -0.3 is 20.5 Å². The normalized spacial score (nSPS) is 21.3. The lowest BCUT2D eigenvalue weighted by atomic mass is 9.91. The van der Waals surface area contributed by atoms with Gasteiger partial charge in [0.15, 0.2) is 0 Å². The first-order valence-electron chi connectivity index (χ1n) is 12.9. The number of methoxy groups -OCH3 is 2. The SMILES string of the molecule is CC.COc1cc(OC)c(Cl)c(N2Cc3cnc(NC4CCCCC4N)nc3N(CC3CC3)C2=O)c1. The standard InChI is InChI=1S/C24H31ClN6O3.C2H6/c1-33-16-9-19(21(25)20(10-16)34-2)30-13-15-11-27-23(28-18-6-4-3-5-17(18)26)29-22(15)31(24(30)32)12-14-7-8-14;1-2/h9-11,14,17-18H,3-8,12-13,26H2,1-2H3,(H,27,28,29);1-2H3. The van der Waals surface area contributed by atoms with E-state index in [4.69, 9.17) is 31.8 Å². The Bertz CT molecular complexity index is 1080. The number of fused-ring (bicyclic) bond motifs is 1. The number of nitrogens with two attached hydrogens (primary N) is 1. The predicted molar refractivity (Wildman–Crippen MR) is 143 cm³/mol. The zero-order valence-corrected chi connectivity index (χ0v) is 22.3. The molecule has 3 N–H and O–H groups in total. The van der Waals surface area contributed by atoms with Gasteiger partial charge in [-0.2, -0.15) is 4.98 Å². The fourth-order valence-corrected chi connectivity index (χ4v) is 5.01. The van der Waals surface area contributed by atoms with Gasteiger partial charge in [0.25, 0.3) is 0 Å². The maximum Gasteiger partial charge on any atom is 0.330 e. The van der Waals surface area contributed by atoms with Crippen LogP contribution in [0.15, 0.2) is 18.3 Å². The van der Waals surface area contributed by atoms with Crippen LogP contribution in [0, 0.1) is 5.92 Å². The molecule has 1 aromatic carbocycles. The van der Waals surface area contributed by atoms with Gasteiger partial charge in [-0.25, -0.2) is 9.78 Å². The summed E-state index contributed by atoms with van der Waals surface area (Å²) in [6.07, 6.45) is 8.30. The Labute approximate surface area is 218 Å². The van der Waals surface area contributed by atoms with Gasteiger partial charge in [-0.05, 0) is 31.6 Å². The molecule has 2 heterocycles. The number of hydrogen-bond acceptors (Lipinski definition) is 7. The van der Waals surface area contributed by atoms with Crippen molar-refractivity contribution in [2.45, 2.75) is 71.0 Å². The summed E-state index contributed by atoms with van der Waals surface area (Å²) in [5.41, 5.74) is 7.70. The summed E-state index contributed by atoms with van der Waals surface area (Å²) in [6, 6.07) is 3.51. The molecule has 2 amide bonds. The van der Waals surface area contributed by atoms with Gasteiger partial charge in [0, 0.05) is 42.5 Å². The molecular formula is C26H37ClN6O3. The lowest BCUT2D eigenvalue weighted by Crippen LogP contribution is -2.49. The maximum atomic E-state index is 13.8. The number of benzene rings is 1. The van der Waals surface area contributed by atoms with Gasteiger partial charge in [0.05, 0.1) is 26.5 Å². The number of halogens is 1. The van der Waals surface area contributed by atoms with Crippen molar-refractivity contribution in [3.63, 3.8) is 0 Å². The molecule has 5 rings (SSSR count). The number of ether oxygens (including phenoxy) is 2. The molecule has 2 saturated carbocycles. The minimum atomic E-state index is -0.171. The monoisotopic (exact) mass is 516 g/mol. The number of amides is 2. The summed E-state index contributed by atoms with van der Waals surface area (Å²) in [7, 11) is 3.11. The van der Waals surface area contributed by atoms with Crippen molar-refractivity contribution in [1.29, 1.82) is 0 Å². The van der Waals surface area contributed by atoms with Crippen molar-refractivity contribution < 1.29 is 14.3 Å². The van der Waals surface area contributed by atoms with Crippen LogP contribution in [0.5, 0.6) is 11.5 Å². The van der Waals surface area contributed by atoms with E-state index in [1.807, 2.05) is 13.8 Å². The van der Waals surface area contributed by atoms with Gasteiger partial charge in [-0.1, -0.05) is 38.3 Å². The number of urea groups is 1. The molecule has 2 unspecified atom stereocenters. The van der Waals surface area contributed by atoms with Gasteiger partial charge in [-0.15, -0.1) is 0 Å². The van der Waals surface area contributed by atoms with Crippen LogP contribution in [0.25, 0.3) is 0 Å². The van der Waals surface area contributed by atoms with E-state index in [0.717, 1.165) is 44.1 Å². The summed E-state index contributed by atoms with van der Waals surface area (Å²) >= 11 is 6.63. The maximum absolute atomic E-state index is 13.8. The Morgan fingerprint density at radius 2 is 1.89 bits per heavy atom. The number of aromatic nitrogens is 2. The summed E-state index contributed by atoms with van der Waals surface area (Å²) in [5.74, 6) is 2.65.